The number of thioether (sulfide) groups is 1. The molecule has 1 fully saturated rings. The van der Waals surface area contributed by atoms with Gasteiger partial charge in [0.15, 0.2) is 9.63 Å². The number of hydrogen-bond acceptors (Lipinski definition) is 5. The van der Waals surface area contributed by atoms with E-state index in [1.165, 1.54) is 11.3 Å². The minimum Gasteiger partial charge on any atom is -0.497 e. The third kappa shape index (κ3) is 3.70. The zero-order valence-corrected chi connectivity index (χ0v) is 13.8. The zero-order chi connectivity index (χ0) is 14.7. The summed E-state index contributed by atoms with van der Waals surface area (Å²) in [7, 11) is 1.66. The first kappa shape index (κ1) is 14.7. The SMILES string of the molecule is COc1ccc(N=C2SCCN2Cc2cnc(Cl)s2)cc1. The van der Waals surface area contributed by atoms with Crippen LogP contribution in [0.2, 0.25) is 4.47 Å². The average Bonchev–Trinajstić information content (AvgIpc) is 3.10. The molecule has 0 amide bonds. The molecule has 0 bridgehead atoms. The Morgan fingerprint density at radius 3 is 2.86 bits per heavy atom. The van der Waals surface area contributed by atoms with Crippen molar-refractivity contribution < 1.29 is 4.74 Å². The van der Waals surface area contributed by atoms with Crippen LogP contribution in [0, 0.1) is 0 Å². The topological polar surface area (TPSA) is 37.7 Å². The van der Waals surface area contributed by atoms with Gasteiger partial charge in [0.1, 0.15) is 5.75 Å². The molecule has 0 aliphatic carbocycles. The smallest absolute Gasteiger partial charge is 0.183 e. The number of ether oxygens (including phenoxy) is 1. The van der Waals surface area contributed by atoms with Crippen LogP contribution in [0.15, 0.2) is 35.5 Å². The number of halogens is 1. The Labute approximate surface area is 136 Å². The highest BCUT2D eigenvalue weighted by atomic mass is 35.5. The molecule has 21 heavy (non-hydrogen) atoms. The molecule has 0 atom stereocenters. The summed E-state index contributed by atoms with van der Waals surface area (Å²) in [6.07, 6.45) is 1.83. The van der Waals surface area contributed by atoms with E-state index in [0.29, 0.717) is 4.47 Å². The van der Waals surface area contributed by atoms with Crippen molar-refractivity contribution in [3.8, 4) is 5.75 Å². The number of aliphatic imine (C=N–C) groups is 1. The molecule has 1 aromatic heterocycles. The summed E-state index contributed by atoms with van der Waals surface area (Å²) < 4.78 is 5.75. The molecule has 2 aromatic rings. The molecule has 0 radical (unpaired) electrons. The molecule has 0 unspecified atom stereocenters. The molecule has 3 rings (SSSR count). The first-order valence-corrected chi connectivity index (χ1v) is 8.63. The van der Waals surface area contributed by atoms with Crippen molar-refractivity contribution in [3.63, 3.8) is 0 Å². The van der Waals surface area contributed by atoms with E-state index in [9.17, 15) is 0 Å². The van der Waals surface area contributed by atoms with E-state index >= 15 is 0 Å². The number of benzene rings is 1. The standard InChI is InChI=1S/C14H14ClN3OS2/c1-19-11-4-2-10(3-5-11)17-14-18(6-7-20-14)9-12-8-16-13(15)21-12/h2-5,8H,6-7,9H2,1H3. The Morgan fingerprint density at radius 2 is 2.19 bits per heavy atom. The fourth-order valence-corrected chi connectivity index (χ4v) is 3.99. The van der Waals surface area contributed by atoms with Crippen molar-refractivity contribution in [1.82, 2.24) is 9.88 Å². The number of thiazole rings is 1. The first-order valence-electron chi connectivity index (χ1n) is 6.45. The predicted octanol–water partition coefficient (Wildman–Crippen LogP) is 4.04. The van der Waals surface area contributed by atoms with E-state index in [1.54, 1.807) is 18.9 Å². The van der Waals surface area contributed by atoms with Gasteiger partial charge in [-0.2, -0.15) is 0 Å². The second-order valence-electron chi connectivity index (χ2n) is 4.44. The van der Waals surface area contributed by atoms with Crippen LogP contribution in [0.4, 0.5) is 5.69 Å². The lowest BCUT2D eigenvalue weighted by atomic mass is 10.3. The quantitative estimate of drug-likeness (QED) is 0.842. The van der Waals surface area contributed by atoms with Gasteiger partial charge >= 0.3 is 0 Å². The Bertz CT molecular complexity index is 642. The van der Waals surface area contributed by atoms with Gasteiger partial charge in [-0.15, -0.1) is 11.3 Å². The third-order valence-electron chi connectivity index (χ3n) is 3.03. The summed E-state index contributed by atoms with van der Waals surface area (Å²) in [5.41, 5.74) is 0.938. The molecule has 1 aliphatic heterocycles. The van der Waals surface area contributed by atoms with Crippen LogP contribution in [0.5, 0.6) is 5.75 Å². The Hall–Kier alpha value is -1.24. The van der Waals surface area contributed by atoms with E-state index in [0.717, 1.165) is 40.3 Å². The van der Waals surface area contributed by atoms with Crippen LogP contribution < -0.4 is 4.74 Å². The number of aromatic nitrogens is 1. The van der Waals surface area contributed by atoms with Crippen molar-refractivity contribution in [2.45, 2.75) is 6.54 Å². The molecule has 0 spiro atoms. The first-order chi connectivity index (χ1) is 10.2. The molecule has 1 aromatic carbocycles. The number of hydrogen-bond donors (Lipinski definition) is 0. The maximum atomic E-state index is 5.88. The second-order valence-corrected chi connectivity index (χ2v) is 7.20. The van der Waals surface area contributed by atoms with Crippen molar-refractivity contribution in [2.24, 2.45) is 4.99 Å². The molecule has 0 saturated carbocycles. The summed E-state index contributed by atoms with van der Waals surface area (Å²) in [5.74, 6) is 1.90. The fourth-order valence-electron chi connectivity index (χ4n) is 2.00. The lowest BCUT2D eigenvalue weighted by Gasteiger charge is -2.16. The van der Waals surface area contributed by atoms with E-state index in [4.69, 9.17) is 21.3 Å². The van der Waals surface area contributed by atoms with Crippen molar-refractivity contribution in [2.75, 3.05) is 19.4 Å². The van der Waals surface area contributed by atoms with Crippen molar-refractivity contribution in [1.29, 1.82) is 0 Å². The van der Waals surface area contributed by atoms with Gasteiger partial charge in [0, 0.05) is 23.4 Å². The molecule has 2 heterocycles. The maximum Gasteiger partial charge on any atom is 0.183 e. The summed E-state index contributed by atoms with van der Waals surface area (Å²) in [5, 5.41) is 1.05. The van der Waals surface area contributed by atoms with E-state index in [1.807, 2.05) is 30.5 Å². The van der Waals surface area contributed by atoms with Crippen molar-refractivity contribution >= 4 is 45.6 Å². The second kappa shape index (κ2) is 6.68. The molecule has 1 saturated heterocycles. The predicted molar refractivity (Wildman–Crippen MR) is 90.1 cm³/mol. The average molecular weight is 340 g/mol. The normalized spacial score (nSPS) is 16.7. The van der Waals surface area contributed by atoms with E-state index in [2.05, 4.69) is 9.88 Å². The Morgan fingerprint density at radius 1 is 1.38 bits per heavy atom. The molecule has 1 aliphatic rings. The molecule has 4 nitrogen and oxygen atoms in total. The van der Waals surface area contributed by atoms with Crippen LogP contribution in [0.1, 0.15) is 4.88 Å². The van der Waals surface area contributed by atoms with E-state index in [-0.39, 0.29) is 0 Å². The summed E-state index contributed by atoms with van der Waals surface area (Å²) >= 11 is 9.18. The Balaban J connectivity index is 1.74. The van der Waals surface area contributed by atoms with Crippen LogP contribution in [0.3, 0.4) is 0 Å². The minimum atomic E-state index is 0.588. The third-order valence-corrected chi connectivity index (χ3v) is 5.13. The highest BCUT2D eigenvalue weighted by Crippen LogP contribution is 2.27. The maximum absolute atomic E-state index is 5.88. The van der Waals surface area contributed by atoms with Gasteiger partial charge in [0.2, 0.25) is 0 Å². The van der Waals surface area contributed by atoms with Crippen LogP contribution in [-0.2, 0) is 6.54 Å². The van der Waals surface area contributed by atoms with Gasteiger partial charge in [-0.1, -0.05) is 23.4 Å². The monoisotopic (exact) mass is 339 g/mol. The summed E-state index contributed by atoms with van der Waals surface area (Å²) in [6, 6.07) is 7.78. The molecular formula is C14H14ClN3OS2. The molecule has 0 N–H and O–H groups in total. The van der Waals surface area contributed by atoms with Crippen LogP contribution >= 0.6 is 34.7 Å². The summed E-state index contributed by atoms with van der Waals surface area (Å²) in [6.45, 7) is 1.81. The highest BCUT2D eigenvalue weighted by Gasteiger charge is 2.20. The van der Waals surface area contributed by atoms with Crippen LogP contribution in [-0.4, -0.2) is 34.5 Å². The Kier molecular flexibility index (Phi) is 4.67. The van der Waals surface area contributed by atoms with Gasteiger partial charge in [-0.25, -0.2) is 9.98 Å². The fraction of sp³-hybridized carbons (Fsp3) is 0.286. The number of nitrogens with zero attached hydrogens (tertiary/aromatic N) is 3. The summed E-state index contributed by atoms with van der Waals surface area (Å²) in [4.78, 5) is 12.2. The molecule has 110 valence electrons. The van der Waals surface area contributed by atoms with Gasteiger partial charge in [0.05, 0.1) is 19.3 Å². The molecule has 7 heteroatoms. The lowest BCUT2D eigenvalue weighted by molar-refractivity contribution is 0.415. The van der Waals surface area contributed by atoms with Gasteiger partial charge in [0.25, 0.3) is 0 Å². The van der Waals surface area contributed by atoms with E-state index < -0.39 is 0 Å². The lowest BCUT2D eigenvalue weighted by Crippen LogP contribution is -2.23. The van der Waals surface area contributed by atoms with Gasteiger partial charge in [-0.3, -0.25) is 0 Å². The highest BCUT2D eigenvalue weighted by molar-refractivity contribution is 8.14. The largest absolute Gasteiger partial charge is 0.497 e. The van der Waals surface area contributed by atoms with Gasteiger partial charge in [-0.05, 0) is 24.3 Å². The van der Waals surface area contributed by atoms with Crippen LogP contribution in [0.25, 0.3) is 0 Å². The number of methoxy groups -OCH3 is 1. The molecular weight excluding hydrogens is 326 g/mol. The minimum absolute atomic E-state index is 0.588. The van der Waals surface area contributed by atoms with Crippen molar-refractivity contribution in [3.05, 3.63) is 39.8 Å². The number of amidine groups is 1. The number of rotatable bonds is 4. The van der Waals surface area contributed by atoms with Gasteiger partial charge < -0.3 is 9.64 Å². The zero-order valence-electron chi connectivity index (χ0n) is 11.5.